The predicted octanol–water partition coefficient (Wildman–Crippen LogP) is 2.46. The van der Waals surface area contributed by atoms with E-state index in [1.807, 2.05) is 6.92 Å². The molecule has 20 heavy (non-hydrogen) atoms. The lowest BCUT2D eigenvalue weighted by Gasteiger charge is -2.30. The molecular weight excluding hydrogens is 278 g/mol. The fraction of sp³-hybridized carbons (Fsp3) is 0.615. The van der Waals surface area contributed by atoms with E-state index < -0.39 is 10.5 Å². The number of carbonyl (C=O) groups is 1. The van der Waals surface area contributed by atoms with Gasteiger partial charge in [0.05, 0.1) is 20.2 Å². The first kappa shape index (κ1) is 16.6. The van der Waals surface area contributed by atoms with Crippen LogP contribution in [-0.2, 0) is 0 Å². The molecule has 0 aromatic carbocycles. The van der Waals surface area contributed by atoms with Crippen LogP contribution in [0, 0.1) is 23.0 Å². The fourth-order valence-electron chi connectivity index (χ4n) is 2.19. The summed E-state index contributed by atoms with van der Waals surface area (Å²) in [6.45, 7) is 7.96. The minimum Gasteiger partial charge on any atom is -0.345 e. The van der Waals surface area contributed by atoms with Crippen molar-refractivity contribution in [2.75, 3.05) is 6.54 Å². The number of nitrogens with zero attached hydrogens (tertiary/aromatic N) is 1. The molecule has 0 aliphatic rings. The highest BCUT2D eigenvalue weighted by atomic mass is 32.1. The molecule has 0 fully saturated rings. The Balaban J connectivity index is 2.90. The number of thiophene rings is 1. The Hall–Kier alpha value is -1.47. The monoisotopic (exact) mass is 299 g/mol. The molecule has 1 aromatic heterocycles. The molecule has 112 valence electrons. The summed E-state index contributed by atoms with van der Waals surface area (Å²) in [5.41, 5.74) is 5.23. The second-order valence-electron chi connectivity index (χ2n) is 5.63. The zero-order valence-corrected chi connectivity index (χ0v) is 13.0. The molecule has 1 aromatic rings. The molecular formula is C13H21N3O3S. The summed E-state index contributed by atoms with van der Waals surface area (Å²) in [5.74, 6) is 0.0862. The van der Waals surface area contributed by atoms with Crippen molar-refractivity contribution in [2.45, 2.75) is 39.7 Å². The van der Waals surface area contributed by atoms with Crippen LogP contribution in [0.4, 0.5) is 5.69 Å². The maximum Gasteiger partial charge on any atom is 0.283 e. The van der Waals surface area contributed by atoms with Crippen LogP contribution in [0.15, 0.2) is 6.07 Å². The Morgan fingerprint density at radius 1 is 1.60 bits per heavy atom. The van der Waals surface area contributed by atoms with Gasteiger partial charge < -0.3 is 11.1 Å². The van der Waals surface area contributed by atoms with Crippen LogP contribution in [0.2, 0.25) is 0 Å². The Morgan fingerprint density at radius 3 is 2.60 bits per heavy atom. The van der Waals surface area contributed by atoms with Crippen molar-refractivity contribution in [1.29, 1.82) is 0 Å². The van der Waals surface area contributed by atoms with Crippen LogP contribution < -0.4 is 11.1 Å². The highest BCUT2D eigenvalue weighted by Gasteiger charge is 2.28. The van der Waals surface area contributed by atoms with E-state index in [2.05, 4.69) is 19.2 Å². The van der Waals surface area contributed by atoms with Crippen LogP contribution in [-0.4, -0.2) is 22.9 Å². The standard InChI is InChI=1S/C13H21N3O3S/c1-8(2)6-13(4,7-14)15-12(17)11-5-10(16(18)19)9(3)20-11/h5,8H,6-7,14H2,1-4H3,(H,15,17). The molecule has 0 saturated heterocycles. The van der Waals surface area contributed by atoms with Crippen LogP contribution in [0.5, 0.6) is 0 Å². The maximum atomic E-state index is 12.2. The smallest absolute Gasteiger partial charge is 0.283 e. The van der Waals surface area contributed by atoms with Crippen LogP contribution in [0.3, 0.4) is 0 Å². The third-order valence-electron chi connectivity index (χ3n) is 3.04. The number of nitro groups is 1. The number of nitrogens with two attached hydrogens (primary N) is 1. The fourth-order valence-corrected chi connectivity index (χ4v) is 3.07. The summed E-state index contributed by atoms with van der Waals surface area (Å²) in [5, 5.41) is 13.7. The van der Waals surface area contributed by atoms with Gasteiger partial charge >= 0.3 is 0 Å². The third-order valence-corrected chi connectivity index (χ3v) is 4.08. The normalized spacial score (nSPS) is 14.1. The molecule has 3 N–H and O–H groups in total. The Labute approximate surface area is 122 Å². The molecule has 0 spiro atoms. The van der Waals surface area contributed by atoms with Gasteiger partial charge in [0, 0.05) is 12.6 Å². The number of rotatable bonds is 6. The van der Waals surface area contributed by atoms with Gasteiger partial charge in [-0.3, -0.25) is 14.9 Å². The molecule has 1 unspecified atom stereocenters. The summed E-state index contributed by atoms with van der Waals surface area (Å²) in [7, 11) is 0. The predicted molar refractivity (Wildman–Crippen MR) is 80.1 cm³/mol. The van der Waals surface area contributed by atoms with Gasteiger partial charge in [0.1, 0.15) is 0 Å². The van der Waals surface area contributed by atoms with Gasteiger partial charge in [0.2, 0.25) is 0 Å². The number of hydrogen-bond donors (Lipinski definition) is 2. The lowest BCUT2D eigenvalue weighted by Crippen LogP contribution is -2.52. The van der Waals surface area contributed by atoms with Crippen LogP contribution in [0.25, 0.3) is 0 Å². The van der Waals surface area contributed by atoms with E-state index in [1.165, 1.54) is 6.07 Å². The van der Waals surface area contributed by atoms with Crippen molar-refractivity contribution in [3.8, 4) is 0 Å². The van der Waals surface area contributed by atoms with Crippen molar-refractivity contribution in [3.05, 3.63) is 25.9 Å². The average molecular weight is 299 g/mol. The quantitative estimate of drug-likeness (QED) is 0.622. The number of hydrogen-bond acceptors (Lipinski definition) is 5. The topological polar surface area (TPSA) is 98.3 Å². The molecule has 1 amide bonds. The summed E-state index contributed by atoms with van der Waals surface area (Å²) < 4.78 is 0. The van der Waals surface area contributed by atoms with Crippen molar-refractivity contribution >= 4 is 22.9 Å². The third kappa shape index (κ3) is 4.01. The molecule has 1 atom stereocenters. The molecule has 1 rings (SSSR count). The first-order valence-corrected chi connectivity index (χ1v) is 7.27. The van der Waals surface area contributed by atoms with E-state index in [0.29, 0.717) is 22.2 Å². The van der Waals surface area contributed by atoms with Gasteiger partial charge in [-0.25, -0.2) is 0 Å². The molecule has 0 aliphatic heterocycles. The SMILES string of the molecule is Cc1sc(C(=O)NC(C)(CN)CC(C)C)cc1[N+](=O)[O-]. The van der Waals surface area contributed by atoms with E-state index >= 15 is 0 Å². The summed E-state index contributed by atoms with van der Waals surface area (Å²) in [6.07, 6.45) is 0.752. The highest BCUT2D eigenvalue weighted by Crippen LogP contribution is 2.28. The minimum atomic E-state index is -0.502. The highest BCUT2D eigenvalue weighted by molar-refractivity contribution is 7.14. The Kier molecular flexibility index (Phi) is 5.24. The lowest BCUT2D eigenvalue weighted by molar-refractivity contribution is -0.385. The van der Waals surface area contributed by atoms with Crippen molar-refractivity contribution in [2.24, 2.45) is 11.7 Å². The number of amides is 1. The van der Waals surface area contributed by atoms with Crippen LogP contribution >= 0.6 is 11.3 Å². The van der Waals surface area contributed by atoms with Gasteiger partial charge in [-0.1, -0.05) is 13.8 Å². The van der Waals surface area contributed by atoms with Gasteiger partial charge in [-0.05, 0) is 26.2 Å². The first-order valence-electron chi connectivity index (χ1n) is 6.46. The van der Waals surface area contributed by atoms with E-state index in [9.17, 15) is 14.9 Å². The largest absolute Gasteiger partial charge is 0.345 e. The van der Waals surface area contributed by atoms with Gasteiger partial charge in [-0.15, -0.1) is 11.3 Å². The van der Waals surface area contributed by atoms with E-state index in [4.69, 9.17) is 5.73 Å². The second kappa shape index (κ2) is 6.32. The molecule has 7 heteroatoms. The van der Waals surface area contributed by atoms with E-state index in [-0.39, 0.29) is 11.6 Å². The number of aryl methyl sites for hydroxylation is 1. The first-order chi connectivity index (χ1) is 9.18. The maximum absolute atomic E-state index is 12.2. The van der Waals surface area contributed by atoms with Crippen molar-refractivity contribution < 1.29 is 9.72 Å². The molecule has 6 nitrogen and oxygen atoms in total. The van der Waals surface area contributed by atoms with E-state index in [1.54, 1.807) is 6.92 Å². The van der Waals surface area contributed by atoms with Gasteiger partial charge in [0.25, 0.3) is 11.6 Å². The van der Waals surface area contributed by atoms with E-state index in [0.717, 1.165) is 17.8 Å². The second-order valence-corrected chi connectivity index (χ2v) is 6.88. The van der Waals surface area contributed by atoms with Crippen molar-refractivity contribution in [3.63, 3.8) is 0 Å². The Morgan fingerprint density at radius 2 is 2.20 bits per heavy atom. The number of carbonyl (C=O) groups excluding carboxylic acids is 1. The lowest BCUT2D eigenvalue weighted by atomic mass is 9.90. The van der Waals surface area contributed by atoms with Gasteiger partial charge in [-0.2, -0.15) is 0 Å². The summed E-state index contributed by atoms with van der Waals surface area (Å²) in [6, 6.07) is 1.32. The average Bonchev–Trinajstić information content (AvgIpc) is 2.70. The van der Waals surface area contributed by atoms with Crippen LogP contribution in [0.1, 0.15) is 41.7 Å². The molecule has 0 saturated carbocycles. The molecule has 0 aliphatic carbocycles. The summed E-state index contributed by atoms with van der Waals surface area (Å²) in [4.78, 5) is 23.4. The molecule has 0 radical (unpaired) electrons. The summed E-state index contributed by atoms with van der Waals surface area (Å²) >= 11 is 1.13. The number of nitrogens with one attached hydrogen (secondary N) is 1. The molecule has 1 heterocycles. The zero-order valence-electron chi connectivity index (χ0n) is 12.2. The zero-order chi connectivity index (χ0) is 15.5. The van der Waals surface area contributed by atoms with Crippen molar-refractivity contribution in [1.82, 2.24) is 5.32 Å². The van der Waals surface area contributed by atoms with Gasteiger partial charge in [0.15, 0.2) is 0 Å². The minimum absolute atomic E-state index is 0.0153. The molecule has 0 bridgehead atoms. The Bertz CT molecular complexity index is 513.